The normalized spacial score (nSPS) is 10.9. The van der Waals surface area contributed by atoms with Crippen molar-refractivity contribution in [3.05, 3.63) is 23.3 Å². The van der Waals surface area contributed by atoms with E-state index in [-0.39, 0.29) is 0 Å². The topological polar surface area (TPSA) is 23.5 Å². The third kappa shape index (κ3) is 2.49. The van der Waals surface area contributed by atoms with Gasteiger partial charge in [0.2, 0.25) is 0 Å². The van der Waals surface area contributed by atoms with Crippen molar-refractivity contribution in [2.24, 2.45) is 0 Å². The Morgan fingerprint density at radius 3 is 2.19 bits per heavy atom. The van der Waals surface area contributed by atoms with E-state index in [1.165, 1.54) is 11.3 Å². The van der Waals surface area contributed by atoms with Crippen LogP contribution in [0.25, 0.3) is 0 Å². The molecule has 0 saturated heterocycles. The van der Waals surface area contributed by atoms with Gasteiger partial charge in [-0.3, -0.25) is 0 Å². The molecule has 1 aromatic rings. The Bertz CT molecular complexity index is 354. The van der Waals surface area contributed by atoms with Crippen molar-refractivity contribution in [3.8, 4) is 5.75 Å². The second kappa shape index (κ2) is 5.24. The highest BCUT2D eigenvalue weighted by molar-refractivity contribution is 5.62. The van der Waals surface area contributed by atoms with Crippen molar-refractivity contribution in [2.75, 3.05) is 18.0 Å². The second-order valence-corrected chi connectivity index (χ2v) is 4.53. The number of aryl methyl sites for hydroxylation is 1. The van der Waals surface area contributed by atoms with Crippen LogP contribution in [-0.4, -0.2) is 18.2 Å². The van der Waals surface area contributed by atoms with Gasteiger partial charge in [0.05, 0.1) is 0 Å². The van der Waals surface area contributed by atoms with E-state index in [2.05, 4.69) is 39.5 Å². The van der Waals surface area contributed by atoms with Gasteiger partial charge in [-0.15, -0.1) is 0 Å². The number of rotatable bonds is 4. The summed E-state index contributed by atoms with van der Waals surface area (Å²) in [5.74, 6) is 0.804. The van der Waals surface area contributed by atoms with Crippen molar-refractivity contribution in [2.45, 2.75) is 40.5 Å². The smallest absolute Gasteiger partial charge is 0.116 e. The number of phenolic OH excluding ortho intramolecular Hbond substituents is 1. The zero-order valence-corrected chi connectivity index (χ0v) is 11.0. The Morgan fingerprint density at radius 1 is 1.19 bits per heavy atom. The van der Waals surface area contributed by atoms with Crippen molar-refractivity contribution in [3.63, 3.8) is 0 Å². The minimum Gasteiger partial charge on any atom is -0.508 e. The minimum absolute atomic E-state index is 0.372. The lowest BCUT2D eigenvalue weighted by atomic mass is 9.96. The van der Waals surface area contributed by atoms with E-state index in [0.29, 0.717) is 11.7 Å². The summed E-state index contributed by atoms with van der Waals surface area (Å²) >= 11 is 0. The predicted molar refractivity (Wildman–Crippen MR) is 70.5 cm³/mol. The molecule has 0 radical (unpaired) electrons. The molecule has 0 heterocycles. The van der Waals surface area contributed by atoms with Gasteiger partial charge in [0.25, 0.3) is 0 Å². The number of hydrogen-bond acceptors (Lipinski definition) is 2. The molecule has 0 aliphatic carbocycles. The molecule has 0 aliphatic heterocycles. The molecule has 0 atom stereocenters. The number of benzene rings is 1. The van der Waals surface area contributed by atoms with Gasteiger partial charge in [0.15, 0.2) is 0 Å². The van der Waals surface area contributed by atoms with Crippen LogP contribution in [0.15, 0.2) is 12.1 Å². The number of hydrogen-bond donors (Lipinski definition) is 1. The van der Waals surface area contributed by atoms with Crippen LogP contribution in [0.3, 0.4) is 0 Å². The maximum Gasteiger partial charge on any atom is 0.116 e. The van der Waals surface area contributed by atoms with Crippen LogP contribution in [0.4, 0.5) is 5.69 Å². The fraction of sp³-hybridized carbons (Fsp3) is 0.571. The fourth-order valence-corrected chi connectivity index (χ4v) is 2.20. The van der Waals surface area contributed by atoms with Crippen molar-refractivity contribution in [1.82, 2.24) is 0 Å². The largest absolute Gasteiger partial charge is 0.508 e. The summed E-state index contributed by atoms with van der Waals surface area (Å²) in [6, 6.07) is 3.74. The van der Waals surface area contributed by atoms with E-state index in [0.717, 1.165) is 18.7 Å². The Morgan fingerprint density at radius 2 is 1.75 bits per heavy atom. The standard InChI is InChI=1S/C14H23NO/c1-6-15(7-2)14-11(5)8-12(16)9-13(14)10(3)4/h8-10,16H,6-7H2,1-5H3. The van der Waals surface area contributed by atoms with Crippen LogP contribution in [0.2, 0.25) is 0 Å². The number of nitrogens with zero attached hydrogens (tertiary/aromatic N) is 1. The highest BCUT2D eigenvalue weighted by Gasteiger charge is 2.15. The first-order valence-corrected chi connectivity index (χ1v) is 6.09. The first-order chi connectivity index (χ1) is 7.51. The van der Waals surface area contributed by atoms with Gasteiger partial charge >= 0.3 is 0 Å². The molecular weight excluding hydrogens is 198 g/mol. The Kier molecular flexibility index (Phi) is 4.22. The second-order valence-electron chi connectivity index (χ2n) is 4.53. The quantitative estimate of drug-likeness (QED) is 0.838. The number of anilines is 1. The molecule has 0 fully saturated rings. The molecule has 16 heavy (non-hydrogen) atoms. The Balaban J connectivity index is 3.34. The summed E-state index contributed by atoms with van der Waals surface area (Å²) in [5, 5.41) is 9.68. The summed E-state index contributed by atoms with van der Waals surface area (Å²) in [6.07, 6.45) is 0. The molecule has 2 nitrogen and oxygen atoms in total. The van der Waals surface area contributed by atoms with Gasteiger partial charge in [-0.25, -0.2) is 0 Å². The summed E-state index contributed by atoms with van der Waals surface area (Å²) in [7, 11) is 0. The number of phenols is 1. The Hall–Kier alpha value is -1.18. The molecule has 1 N–H and O–H groups in total. The lowest BCUT2D eigenvalue weighted by Gasteiger charge is -2.28. The lowest BCUT2D eigenvalue weighted by Crippen LogP contribution is -2.24. The summed E-state index contributed by atoms with van der Waals surface area (Å²) < 4.78 is 0. The van der Waals surface area contributed by atoms with Gasteiger partial charge in [-0.1, -0.05) is 13.8 Å². The highest BCUT2D eigenvalue weighted by atomic mass is 16.3. The van der Waals surface area contributed by atoms with E-state index in [1.54, 1.807) is 0 Å². The average molecular weight is 221 g/mol. The summed E-state index contributed by atoms with van der Waals surface area (Å²) in [4.78, 5) is 2.35. The molecule has 90 valence electrons. The maximum atomic E-state index is 9.68. The van der Waals surface area contributed by atoms with Gasteiger partial charge in [-0.05, 0) is 49.9 Å². The van der Waals surface area contributed by atoms with Crippen LogP contribution in [0.5, 0.6) is 5.75 Å². The predicted octanol–water partition coefficient (Wildman–Crippen LogP) is 3.67. The molecule has 1 aromatic carbocycles. The average Bonchev–Trinajstić information content (AvgIpc) is 2.21. The van der Waals surface area contributed by atoms with Crippen molar-refractivity contribution < 1.29 is 5.11 Å². The Labute approximate surface area is 98.9 Å². The van der Waals surface area contributed by atoms with Crippen molar-refractivity contribution in [1.29, 1.82) is 0 Å². The van der Waals surface area contributed by atoms with Crippen LogP contribution >= 0.6 is 0 Å². The van der Waals surface area contributed by atoms with E-state index >= 15 is 0 Å². The summed E-state index contributed by atoms with van der Waals surface area (Å²) in [6.45, 7) is 12.7. The SMILES string of the molecule is CCN(CC)c1c(C)cc(O)cc1C(C)C. The molecule has 0 aromatic heterocycles. The fourth-order valence-electron chi connectivity index (χ4n) is 2.20. The van der Waals surface area contributed by atoms with E-state index in [4.69, 9.17) is 0 Å². The third-order valence-electron chi connectivity index (χ3n) is 3.02. The molecule has 0 aliphatic rings. The van der Waals surface area contributed by atoms with Crippen LogP contribution < -0.4 is 4.90 Å². The first kappa shape index (κ1) is 12.9. The zero-order chi connectivity index (χ0) is 12.3. The van der Waals surface area contributed by atoms with Crippen LogP contribution in [0.1, 0.15) is 44.7 Å². The molecule has 0 bridgehead atoms. The third-order valence-corrected chi connectivity index (χ3v) is 3.02. The van der Waals surface area contributed by atoms with E-state index < -0.39 is 0 Å². The molecule has 0 saturated carbocycles. The van der Waals surface area contributed by atoms with E-state index in [1.807, 2.05) is 12.1 Å². The van der Waals surface area contributed by atoms with Gasteiger partial charge < -0.3 is 10.0 Å². The lowest BCUT2D eigenvalue weighted by molar-refractivity contribution is 0.473. The maximum absolute atomic E-state index is 9.68. The monoisotopic (exact) mass is 221 g/mol. The minimum atomic E-state index is 0.372. The van der Waals surface area contributed by atoms with Crippen LogP contribution in [-0.2, 0) is 0 Å². The first-order valence-electron chi connectivity index (χ1n) is 6.09. The zero-order valence-electron chi connectivity index (χ0n) is 11.0. The van der Waals surface area contributed by atoms with Crippen molar-refractivity contribution >= 4 is 5.69 Å². The van der Waals surface area contributed by atoms with E-state index in [9.17, 15) is 5.11 Å². The van der Waals surface area contributed by atoms with Gasteiger partial charge in [-0.2, -0.15) is 0 Å². The molecule has 0 spiro atoms. The summed E-state index contributed by atoms with van der Waals surface area (Å²) in [5.41, 5.74) is 3.69. The molecule has 2 heteroatoms. The molecule has 0 unspecified atom stereocenters. The number of aromatic hydroxyl groups is 1. The molecule has 1 rings (SSSR count). The van der Waals surface area contributed by atoms with Gasteiger partial charge in [0.1, 0.15) is 5.75 Å². The van der Waals surface area contributed by atoms with Gasteiger partial charge in [0, 0.05) is 18.8 Å². The molecular formula is C14H23NO. The van der Waals surface area contributed by atoms with Crippen LogP contribution in [0, 0.1) is 6.92 Å². The highest BCUT2D eigenvalue weighted by Crippen LogP contribution is 2.34. The molecule has 0 amide bonds.